The molecule has 0 radical (unpaired) electrons. The minimum absolute atomic E-state index is 0.132. The predicted molar refractivity (Wildman–Crippen MR) is 42.6 cm³/mol. The van der Waals surface area contributed by atoms with Gasteiger partial charge in [0.1, 0.15) is 0 Å². The SMILES string of the molecule is C=CC.CCCS(=O)(=O)O. The van der Waals surface area contributed by atoms with Gasteiger partial charge in [-0.15, -0.1) is 6.58 Å². The minimum Gasteiger partial charge on any atom is -0.286 e. The lowest BCUT2D eigenvalue weighted by atomic mass is 10.6. The highest BCUT2D eigenvalue weighted by molar-refractivity contribution is 7.85. The van der Waals surface area contributed by atoms with Crippen molar-refractivity contribution in [3.05, 3.63) is 12.7 Å². The van der Waals surface area contributed by atoms with Crippen LogP contribution in [0.25, 0.3) is 0 Å². The van der Waals surface area contributed by atoms with E-state index in [0.29, 0.717) is 6.42 Å². The molecule has 0 atom stereocenters. The van der Waals surface area contributed by atoms with Crippen molar-refractivity contribution >= 4 is 10.1 Å². The maximum atomic E-state index is 9.79. The summed E-state index contributed by atoms with van der Waals surface area (Å²) in [7, 11) is -3.67. The Hall–Kier alpha value is -0.350. The molecule has 0 aliphatic rings. The Balaban J connectivity index is 0. The van der Waals surface area contributed by atoms with Crippen LogP contribution in [-0.4, -0.2) is 18.7 Å². The van der Waals surface area contributed by atoms with Crippen molar-refractivity contribution in [2.24, 2.45) is 0 Å². The average Bonchev–Trinajstić information content (AvgIpc) is 1.63. The number of hydrogen-bond donors (Lipinski definition) is 1. The molecule has 0 heterocycles. The van der Waals surface area contributed by atoms with Gasteiger partial charge in [-0.05, 0) is 13.3 Å². The van der Waals surface area contributed by atoms with Crippen molar-refractivity contribution in [1.29, 1.82) is 0 Å². The molecule has 0 saturated heterocycles. The largest absolute Gasteiger partial charge is 0.286 e. The van der Waals surface area contributed by atoms with E-state index in [1.807, 2.05) is 6.92 Å². The molecular formula is C6H14O3S. The Morgan fingerprint density at radius 1 is 1.60 bits per heavy atom. The van der Waals surface area contributed by atoms with Gasteiger partial charge < -0.3 is 0 Å². The first-order chi connectivity index (χ1) is 4.47. The summed E-state index contributed by atoms with van der Waals surface area (Å²) < 4.78 is 27.6. The summed E-state index contributed by atoms with van der Waals surface area (Å²) in [5, 5.41) is 0. The Morgan fingerprint density at radius 3 is 1.90 bits per heavy atom. The summed E-state index contributed by atoms with van der Waals surface area (Å²) in [5.74, 6) is -0.132. The van der Waals surface area contributed by atoms with E-state index in [1.165, 1.54) is 0 Å². The quantitative estimate of drug-likeness (QED) is 0.499. The molecule has 0 saturated carbocycles. The van der Waals surface area contributed by atoms with Crippen molar-refractivity contribution in [2.75, 3.05) is 5.75 Å². The first kappa shape index (κ1) is 12.3. The molecule has 0 aromatic rings. The van der Waals surface area contributed by atoms with Crippen molar-refractivity contribution < 1.29 is 13.0 Å². The van der Waals surface area contributed by atoms with Crippen molar-refractivity contribution in [2.45, 2.75) is 20.3 Å². The van der Waals surface area contributed by atoms with E-state index >= 15 is 0 Å². The predicted octanol–water partition coefficient (Wildman–Crippen LogP) is 1.48. The van der Waals surface area contributed by atoms with Crippen LogP contribution >= 0.6 is 0 Å². The van der Waals surface area contributed by atoms with Crippen LogP contribution in [0.4, 0.5) is 0 Å². The molecule has 0 fully saturated rings. The monoisotopic (exact) mass is 166 g/mol. The molecule has 0 aromatic carbocycles. The van der Waals surface area contributed by atoms with Gasteiger partial charge in [-0.1, -0.05) is 13.0 Å². The summed E-state index contributed by atoms with van der Waals surface area (Å²) >= 11 is 0. The molecule has 1 N–H and O–H groups in total. The number of hydrogen-bond acceptors (Lipinski definition) is 2. The van der Waals surface area contributed by atoms with Crippen molar-refractivity contribution in [3.8, 4) is 0 Å². The normalized spacial score (nSPS) is 9.50. The van der Waals surface area contributed by atoms with Crippen LogP contribution in [0.1, 0.15) is 20.3 Å². The molecular weight excluding hydrogens is 152 g/mol. The highest BCUT2D eigenvalue weighted by Crippen LogP contribution is 1.83. The van der Waals surface area contributed by atoms with Crippen LogP contribution in [0.2, 0.25) is 0 Å². The van der Waals surface area contributed by atoms with Gasteiger partial charge in [0.25, 0.3) is 10.1 Å². The Bertz CT molecular complexity index is 158. The summed E-state index contributed by atoms with van der Waals surface area (Å²) in [6, 6.07) is 0. The lowest BCUT2D eigenvalue weighted by molar-refractivity contribution is 0.482. The molecule has 0 aliphatic heterocycles. The second kappa shape index (κ2) is 6.77. The van der Waals surface area contributed by atoms with Crippen LogP contribution in [0.5, 0.6) is 0 Å². The minimum atomic E-state index is -3.67. The standard InChI is InChI=1S/C3H8O3S.C3H6/c1-2-3-7(4,5)6;1-3-2/h2-3H2,1H3,(H,4,5,6);3H,1H2,2H3. The third kappa shape index (κ3) is 25.4. The molecule has 0 unspecified atom stereocenters. The zero-order valence-corrected chi connectivity index (χ0v) is 7.19. The maximum absolute atomic E-state index is 9.79. The summed E-state index contributed by atoms with van der Waals surface area (Å²) in [6.07, 6.45) is 2.22. The molecule has 0 spiro atoms. The van der Waals surface area contributed by atoms with Gasteiger partial charge in [-0.3, -0.25) is 4.55 Å². The first-order valence-corrected chi connectivity index (χ1v) is 4.61. The second-order valence-corrected chi connectivity index (χ2v) is 3.27. The summed E-state index contributed by atoms with van der Waals surface area (Å²) in [5.41, 5.74) is 0. The molecule has 3 nitrogen and oxygen atoms in total. The fourth-order valence-electron chi connectivity index (χ4n) is 0.258. The van der Waals surface area contributed by atoms with E-state index in [0.717, 1.165) is 0 Å². The van der Waals surface area contributed by atoms with Crippen molar-refractivity contribution in [1.82, 2.24) is 0 Å². The zero-order chi connectivity index (χ0) is 8.62. The number of rotatable bonds is 2. The zero-order valence-electron chi connectivity index (χ0n) is 6.37. The molecule has 0 amide bonds. The van der Waals surface area contributed by atoms with Crippen LogP contribution in [0, 0.1) is 0 Å². The molecule has 10 heavy (non-hydrogen) atoms. The Labute approximate surface area is 62.5 Å². The van der Waals surface area contributed by atoms with E-state index in [-0.39, 0.29) is 5.75 Å². The van der Waals surface area contributed by atoms with Gasteiger partial charge in [0, 0.05) is 0 Å². The summed E-state index contributed by atoms with van der Waals surface area (Å²) in [4.78, 5) is 0. The van der Waals surface area contributed by atoms with Gasteiger partial charge in [0.15, 0.2) is 0 Å². The van der Waals surface area contributed by atoms with Gasteiger partial charge in [-0.2, -0.15) is 8.42 Å². The van der Waals surface area contributed by atoms with Gasteiger partial charge in [0.05, 0.1) is 5.75 Å². The smallest absolute Gasteiger partial charge is 0.264 e. The lowest BCUT2D eigenvalue weighted by Gasteiger charge is -1.85. The molecule has 62 valence electrons. The topological polar surface area (TPSA) is 54.4 Å². The first-order valence-electron chi connectivity index (χ1n) is 3.00. The fourth-order valence-corrected chi connectivity index (χ4v) is 0.774. The second-order valence-electron chi connectivity index (χ2n) is 1.69. The molecule has 0 bridgehead atoms. The Kier molecular flexibility index (Phi) is 8.35. The highest BCUT2D eigenvalue weighted by atomic mass is 32.2. The Morgan fingerprint density at radius 2 is 1.90 bits per heavy atom. The molecule has 0 aromatic heterocycles. The van der Waals surface area contributed by atoms with Crippen LogP contribution in [0.15, 0.2) is 12.7 Å². The molecule has 4 heteroatoms. The van der Waals surface area contributed by atoms with E-state index in [9.17, 15) is 8.42 Å². The van der Waals surface area contributed by atoms with Gasteiger partial charge in [0.2, 0.25) is 0 Å². The van der Waals surface area contributed by atoms with Crippen LogP contribution < -0.4 is 0 Å². The highest BCUT2D eigenvalue weighted by Gasteiger charge is 1.98. The fraction of sp³-hybridized carbons (Fsp3) is 0.667. The summed E-state index contributed by atoms with van der Waals surface area (Å²) in [6.45, 7) is 6.94. The molecule has 0 aliphatic carbocycles. The van der Waals surface area contributed by atoms with E-state index in [1.54, 1.807) is 13.0 Å². The average molecular weight is 166 g/mol. The van der Waals surface area contributed by atoms with Gasteiger partial charge in [-0.25, -0.2) is 0 Å². The third-order valence-electron chi connectivity index (χ3n) is 0.462. The number of allylic oxidation sites excluding steroid dienone is 1. The van der Waals surface area contributed by atoms with Crippen LogP contribution in [0.3, 0.4) is 0 Å². The molecule has 0 rings (SSSR count). The van der Waals surface area contributed by atoms with Gasteiger partial charge >= 0.3 is 0 Å². The van der Waals surface area contributed by atoms with E-state index in [4.69, 9.17) is 4.55 Å². The maximum Gasteiger partial charge on any atom is 0.264 e. The van der Waals surface area contributed by atoms with Crippen LogP contribution in [-0.2, 0) is 10.1 Å². The van der Waals surface area contributed by atoms with E-state index < -0.39 is 10.1 Å². The van der Waals surface area contributed by atoms with E-state index in [2.05, 4.69) is 6.58 Å². The third-order valence-corrected chi connectivity index (χ3v) is 1.39. The lowest BCUT2D eigenvalue weighted by Crippen LogP contribution is -2.01. The van der Waals surface area contributed by atoms with Crippen molar-refractivity contribution in [3.63, 3.8) is 0 Å².